The van der Waals surface area contributed by atoms with Gasteiger partial charge in [-0.2, -0.15) is 0 Å². The van der Waals surface area contributed by atoms with Gasteiger partial charge in [-0.05, 0) is 23.8 Å². The van der Waals surface area contributed by atoms with E-state index in [-0.39, 0.29) is 30.7 Å². The lowest BCUT2D eigenvalue weighted by atomic mass is 10.0. The highest BCUT2D eigenvalue weighted by atomic mass is 16.2. The number of benzene rings is 3. The van der Waals surface area contributed by atoms with Gasteiger partial charge >= 0.3 is 0 Å². The van der Waals surface area contributed by atoms with Gasteiger partial charge in [-0.15, -0.1) is 0 Å². The van der Waals surface area contributed by atoms with E-state index in [1.54, 1.807) is 34.1 Å². The van der Waals surface area contributed by atoms with Crippen LogP contribution in [0.3, 0.4) is 0 Å². The molecule has 0 unspecified atom stereocenters. The van der Waals surface area contributed by atoms with Crippen LogP contribution < -0.4 is 10.2 Å². The molecule has 6 heteroatoms. The number of fused-ring (bicyclic) bond motifs is 5. The van der Waals surface area contributed by atoms with Crippen LogP contribution in [0.15, 0.2) is 78.9 Å². The molecule has 154 valence electrons. The predicted molar refractivity (Wildman–Crippen MR) is 116 cm³/mol. The maximum Gasteiger partial charge on any atom is 0.260 e. The Morgan fingerprint density at radius 1 is 0.806 bits per heavy atom. The Balaban J connectivity index is 1.39. The van der Waals surface area contributed by atoms with Crippen LogP contribution in [-0.2, 0) is 11.3 Å². The summed E-state index contributed by atoms with van der Waals surface area (Å²) in [4.78, 5) is 42.3. The van der Waals surface area contributed by atoms with Crippen LogP contribution in [0.2, 0.25) is 0 Å². The van der Waals surface area contributed by atoms with Gasteiger partial charge in [-0.3, -0.25) is 19.3 Å². The summed E-state index contributed by atoms with van der Waals surface area (Å²) >= 11 is 0. The average Bonchev–Trinajstić information content (AvgIpc) is 3.11. The molecule has 0 bridgehead atoms. The summed E-state index contributed by atoms with van der Waals surface area (Å²) in [6.07, 6.45) is -0.380. The van der Waals surface area contributed by atoms with Crippen molar-refractivity contribution in [3.05, 3.63) is 101 Å². The van der Waals surface area contributed by atoms with E-state index in [1.165, 1.54) is 0 Å². The zero-order valence-electron chi connectivity index (χ0n) is 16.8. The van der Waals surface area contributed by atoms with E-state index in [9.17, 15) is 14.4 Å². The lowest BCUT2D eigenvalue weighted by molar-refractivity contribution is -0.121. The molecule has 5 rings (SSSR count). The topological polar surface area (TPSA) is 69.7 Å². The summed E-state index contributed by atoms with van der Waals surface area (Å²) in [6, 6.07) is 24.2. The van der Waals surface area contributed by atoms with Gasteiger partial charge in [0.15, 0.2) is 0 Å². The van der Waals surface area contributed by atoms with E-state index in [4.69, 9.17) is 0 Å². The monoisotopic (exact) mass is 411 g/mol. The molecule has 3 amide bonds. The smallest absolute Gasteiger partial charge is 0.260 e. The molecule has 0 saturated carbocycles. The van der Waals surface area contributed by atoms with Gasteiger partial charge < -0.3 is 10.2 Å². The number of para-hydroxylation sites is 1. The molecule has 1 N–H and O–H groups in total. The number of rotatable bonds is 5. The highest BCUT2D eigenvalue weighted by molar-refractivity contribution is 6.16. The maximum atomic E-state index is 13.3. The van der Waals surface area contributed by atoms with E-state index in [0.717, 1.165) is 11.1 Å². The molecule has 6 nitrogen and oxygen atoms in total. The largest absolute Gasteiger partial charge is 0.352 e. The first-order valence-electron chi connectivity index (χ1n) is 10.3. The SMILES string of the molecule is O=C(CCN1C(=O)c2ccccc2N2C(=O)c3ccccc3[C@@H]12)NCc1ccccc1. The van der Waals surface area contributed by atoms with Crippen molar-refractivity contribution in [1.82, 2.24) is 10.2 Å². The molecular formula is C25H21N3O3. The van der Waals surface area contributed by atoms with Crippen LogP contribution in [-0.4, -0.2) is 29.2 Å². The normalized spacial score (nSPS) is 16.6. The number of carbonyl (C=O) groups excluding carboxylic acids is 3. The van der Waals surface area contributed by atoms with Crippen molar-refractivity contribution in [2.45, 2.75) is 19.1 Å². The number of anilines is 1. The lowest BCUT2D eigenvalue weighted by Gasteiger charge is -2.40. The summed E-state index contributed by atoms with van der Waals surface area (Å²) in [5, 5.41) is 2.90. The van der Waals surface area contributed by atoms with Crippen LogP contribution in [0, 0.1) is 0 Å². The molecule has 3 aromatic carbocycles. The molecule has 3 aromatic rings. The third-order valence-corrected chi connectivity index (χ3v) is 5.80. The van der Waals surface area contributed by atoms with Gasteiger partial charge in [0.1, 0.15) is 6.17 Å². The fourth-order valence-electron chi connectivity index (χ4n) is 4.31. The summed E-state index contributed by atoms with van der Waals surface area (Å²) in [5.41, 5.74) is 3.49. The molecule has 2 aliphatic heterocycles. The van der Waals surface area contributed by atoms with Crippen molar-refractivity contribution in [1.29, 1.82) is 0 Å². The second-order valence-electron chi connectivity index (χ2n) is 7.66. The molecule has 0 saturated heterocycles. The Hall–Kier alpha value is -3.93. The summed E-state index contributed by atoms with van der Waals surface area (Å²) in [5.74, 6) is -0.434. The summed E-state index contributed by atoms with van der Waals surface area (Å²) in [6.45, 7) is 0.657. The Bertz CT molecular complexity index is 1180. The zero-order chi connectivity index (χ0) is 21.4. The standard InChI is InChI=1S/C25H21N3O3/c29-22(26-16-17-8-2-1-3-9-17)14-15-27-23-18-10-4-5-11-19(18)25(31)28(23)21-13-7-6-12-20(21)24(27)30/h1-13,23H,14-16H2,(H,26,29)/t23-/m0/s1. The van der Waals surface area contributed by atoms with Crippen LogP contribution in [0.25, 0.3) is 0 Å². The molecule has 2 aliphatic rings. The number of nitrogens with zero attached hydrogens (tertiary/aromatic N) is 2. The van der Waals surface area contributed by atoms with Gasteiger partial charge in [0, 0.05) is 30.6 Å². The number of amides is 3. The maximum absolute atomic E-state index is 13.3. The van der Waals surface area contributed by atoms with Gasteiger partial charge in [-0.25, -0.2) is 0 Å². The minimum absolute atomic E-state index is 0.126. The van der Waals surface area contributed by atoms with E-state index in [2.05, 4.69) is 5.32 Å². The molecular weight excluding hydrogens is 390 g/mol. The Kier molecular flexibility index (Phi) is 4.75. The molecule has 0 fully saturated rings. The second kappa shape index (κ2) is 7.72. The van der Waals surface area contributed by atoms with Gasteiger partial charge in [0.25, 0.3) is 11.8 Å². The van der Waals surface area contributed by atoms with Crippen molar-refractivity contribution in [2.75, 3.05) is 11.4 Å². The van der Waals surface area contributed by atoms with Gasteiger partial charge in [-0.1, -0.05) is 60.7 Å². The quantitative estimate of drug-likeness (QED) is 0.699. The molecule has 2 heterocycles. The molecule has 0 aromatic heterocycles. The predicted octanol–water partition coefficient (Wildman–Crippen LogP) is 3.51. The third-order valence-electron chi connectivity index (χ3n) is 5.80. The Morgan fingerprint density at radius 2 is 1.48 bits per heavy atom. The first kappa shape index (κ1) is 19.1. The fraction of sp³-hybridized carbons (Fsp3) is 0.160. The fourth-order valence-corrected chi connectivity index (χ4v) is 4.31. The number of nitrogens with one attached hydrogen (secondary N) is 1. The lowest BCUT2D eigenvalue weighted by Crippen LogP contribution is -2.49. The number of carbonyl (C=O) groups is 3. The van der Waals surface area contributed by atoms with Crippen molar-refractivity contribution < 1.29 is 14.4 Å². The van der Waals surface area contributed by atoms with E-state index < -0.39 is 6.17 Å². The van der Waals surface area contributed by atoms with Crippen molar-refractivity contribution in [3.8, 4) is 0 Å². The van der Waals surface area contributed by atoms with Crippen molar-refractivity contribution in [3.63, 3.8) is 0 Å². The first-order valence-corrected chi connectivity index (χ1v) is 10.3. The summed E-state index contributed by atoms with van der Waals surface area (Å²) < 4.78 is 0. The van der Waals surface area contributed by atoms with Crippen LogP contribution in [0.5, 0.6) is 0 Å². The zero-order valence-corrected chi connectivity index (χ0v) is 16.8. The van der Waals surface area contributed by atoms with Crippen LogP contribution in [0.1, 0.15) is 44.4 Å². The Morgan fingerprint density at radius 3 is 2.29 bits per heavy atom. The van der Waals surface area contributed by atoms with Gasteiger partial charge in [0.2, 0.25) is 5.91 Å². The van der Waals surface area contributed by atoms with Crippen LogP contribution in [0.4, 0.5) is 5.69 Å². The molecule has 0 aliphatic carbocycles. The summed E-state index contributed by atoms with van der Waals surface area (Å²) in [7, 11) is 0. The van der Waals surface area contributed by atoms with Crippen molar-refractivity contribution in [2.24, 2.45) is 0 Å². The molecule has 0 radical (unpaired) electrons. The Labute approximate surface area is 180 Å². The first-order chi connectivity index (χ1) is 15.1. The number of hydrogen-bond donors (Lipinski definition) is 1. The van der Waals surface area contributed by atoms with E-state index in [0.29, 0.717) is 23.4 Å². The molecule has 31 heavy (non-hydrogen) atoms. The minimum Gasteiger partial charge on any atom is -0.352 e. The average molecular weight is 411 g/mol. The highest BCUT2D eigenvalue weighted by Gasteiger charge is 2.47. The minimum atomic E-state index is -0.534. The third kappa shape index (κ3) is 3.26. The van der Waals surface area contributed by atoms with Gasteiger partial charge in [0.05, 0.1) is 11.3 Å². The molecule has 0 spiro atoms. The van der Waals surface area contributed by atoms with E-state index >= 15 is 0 Å². The molecule has 1 atom stereocenters. The number of hydrogen-bond acceptors (Lipinski definition) is 3. The van der Waals surface area contributed by atoms with Crippen molar-refractivity contribution >= 4 is 23.4 Å². The second-order valence-corrected chi connectivity index (χ2v) is 7.66. The van der Waals surface area contributed by atoms with E-state index in [1.807, 2.05) is 54.6 Å². The van der Waals surface area contributed by atoms with Crippen LogP contribution >= 0.6 is 0 Å². The highest BCUT2D eigenvalue weighted by Crippen LogP contribution is 2.45.